The molecule has 1 aliphatic heterocycles. The quantitative estimate of drug-likeness (QED) is 0.723. The van der Waals surface area contributed by atoms with E-state index in [9.17, 15) is 5.26 Å². The molecule has 1 unspecified atom stereocenters. The van der Waals surface area contributed by atoms with Crippen LogP contribution in [0.1, 0.15) is 52.0 Å². The molecule has 1 aliphatic rings. The first kappa shape index (κ1) is 14.7. The van der Waals surface area contributed by atoms with E-state index in [1.807, 2.05) is 4.90 Å². The third kappa shape index (κ3) is 2.60. The van der Waals surface area contributed by atoms with Crippen molar-refractivity contribution in [1.29, 1.82) is 5.26 Å². The number of aryl methyl sites for hydroxylation is 1. The number of nitriles is 1. The van der Waals surface area contributed by atoms with Gasteiger partial charge in [-0.25, -0.2) is 0 Å². The first-order chi connectivity index (χ1) is 9.74. The fraction of sp³-hybridized carbons (Fsp3) is 0.588. The molecule has 1 aromatic rings. The molecule has 0 aromatic heterocycles. The maximum atomic E-state index is 9.53. The van der Waals surface area contributed by atoms with Crippen LogP contribution in [0.5, 0.6) is 0 Å². The molecule has 0 aliphatic carbocycles. The van der Waals surface area contributed by atoms with Crippen LogP contribution in [0, 0.1) is 11.5 Å². The van der Waals surface area contributed by atoms with Crippen LogP contribution in [0.2, 0.25) is 0 Å². The number of fused-ring (bicyclic) bond motifs is 1. The van der Waals surface area contributed by atoms with Crippen LogP contribution in [0.15, 0.2) is 18.2 Å². The van der Waals surface area contributed by atoms with E-state index in [2.05, 4.69) is 50.1 Å². The minimum Gasteiger partial charge on any atom is -0.349 e. The standard InChI is InChI=1S/C17H25N3/c1-4-6-9-15-10-8-11-16-17(15)20(13-18)14(3)19(16)12-7-5-2/h8,10-11,14H,4-7,9,12H2,1-3H3. The highest BCUT2D eigenvalue weighted by Crippen LogP contribution is 2.42. The fourth-order valence-electron chi connectivity index (χ4n) is 2.95. The molecular formula is C17H25N3. The van der Waals surface area contributed by atoms with E-state index in [0.29, 0.717) is 0 Å². The molecule has 1 heterocycles. The highest BCUT2D eigenvalue weighted by atomic mass is 15.4. The molecule has 0 bridgehead atoms. The molecule has 1 aromatic carbocycles. The summed E-state index contributed by atoms with van der Waals surface area (Å²) in [5.74, 6) is 0. The smallest absolute Gasteiger partial charge is 0.186 e. The van der Waals surface area contributed by atoms with Crippen molar-refractivity contribution in [2.45, 2.75) is 59.0 Å². The Hall–Kier alpha value is -1.69. The van der Waals surface area contributed by atoms with E-state index in [4.69, 9.17) is 0 Å². The number of nitrogens with zero attached hydrogens (tertiary/aromatic N) is 3. The van der Waals surface area contributed by atoms with Gasteiger partial charge in [0.1, 0.15) is 6.17 Å². The van der Waals surface area contributed by atoms with Gasteiger partial charge in [0.25, 0.3) is 0 Å². The summed E-state index contributed by atoms with van der Waals surface area (Å²) in [6.07, 6.45) is 8.30. The van der Waals surface area contributed by atoms with Gasteiger partial charge in [0.05, 0.1) is 11.4 Å². The van der Waals surface area contributed by atoms with Gasteiger partial charge in [0.2, 0.25) is 0 Å². The van der Waals surface area contributed by atoms with Crippen molar-refractivity contribution in [3.8, 4) is 6.19 Å². The van der Waals surface area contributed by atoms with Crippen molar-refractivity contribution < 1.29 is 0 Å². The Kier molecular flexibility index (Phi) is 4.89. The molecule has 0 fully saturated rings. The van der Waals surface area contributed by atoms with Gasteiger partial charge in [0.15, 0.2) is 6.19 Å². The van der Waals surface area contributed by atoms with Crippen LogP contribution >= 0.6 is 0 Å². The van der Waals surface area contributed by atoms with Gasteiger partial charge in [-0.05, 0) is 37.8 Å². The van der Waals surface area contributed by atoms with E-state index >= 15 is 0 Å². The lowest BCUT2D eigenvalue weighted by Gasteiger charge is -2.25. The summed E-state index contributed by atoms with van der Waals surface area (Å²) in [5, 5.41) is 9.53. The molecule has 0 amide bonds. The predicted molar refractivity (Wildman–Crippen MR) is 84.9 cm³/mol. The normalized spacial score (nSPS) is 17.2. The number of anilines is 2. The predicted octanol–water partition coefficient (Wildman–Crippen LogP) is 4.28. The lowest BCUT2D eigenvalue weighted by molar-refractivity contribution is 0.643. The molecular weight excluding hydrogens is 246 g/mol. The molecule has 0 spiro atoms. The highest BCUT2D eigenvalue weighted by Gasteiger charge is 2.34. The topological polar surface area (TPSA) is 30.3 Å². The lowest BCUT2D eigenvalue weighted by Crippen LogP contribution is -2.39. The van der Waals surface area contributed by atoms with E-state index in [0.717, 1.165) is 18.7 Å². The first-order valence-corrected chi connectivity index (χ1v) is 7.82. The largest absolute Gasteiger partial charge is 0.349 e. The van der Waals surface area contributed by atoms with Crippen molar-refractivity contribution in [2.24, 2.45) is 0 Å². The molecule has 108 valence electrons. The molecule has 2 rings (SSSR count). The Labute approximate surface area is 122 Å². The first-order valence-electron chi connectivity index (χ1n) is 7.82. The number of hydrogen-bond acceptors (Lipinski definition) is 3. The second-order valence-electron chi connectivity index (χ2n) is 5.54. The monoisotopic (exact) mass is 271 g/mol. The molecule has 0 saturated carbocycles. The minimum atomic E-state index is 0.143. The minimum absolute atomic E-state index is 0.143. The zero-order valence-corrected chi connectivity index (χ0v) is 12.9. The van der Waals surface area contributed by atoms with E-state index in [1.54, 1.807) is 0 Å². The Balaban J connectivity index is 2.36. The highest BCUT2D eigenvalue weighted by molar-refractivity contribution is 5.82. The fourth-order valence-corrected chi connectivity index (χ4v) is 2.95. The molecule has 0 saturated heterocycles. The Morgan fingerprint density at radius 1 is 1.20 bits per heavy atom. The zero-order chi connectivity index (χ0) is 14.5. The third-order valence-electron chi connectivity index (χ3n) is 4.13. The molecule has 3 heteroatoms. The lowest BCUT2D eigenvalue weighted by atomic mass is 10.0. The van der Waals surface area contributed by atoms with Gasteiger partial charge in [-0.2, -0.15) is 5.26 Å². The molecule has 0 radical (unpaired) electrons. The molecule has 20 heavy (non-hydrogen) atoms. The average molecular weight is 271 g/mol. The number of rotatable bonds is 6. The summed E-state index contributed by atoms with van der Waals surface area (Å²) in [6.45, 7) is 7.57. The van der Waals surface area contributed by atoms with Crippen LogP contribution in [0.3, 0.4) is 0 Å². The maximum absolute atomic E-state index is 9.53. The van der Waals surface area contributed by atoms with Crippen LogP contribution < -0.4 is 9.80 Å². The summed E-state index contributed by atoms with van der Waals surface area (Å²) in [4.78, 5) is 4.26. The van der Waals surface area contributed by atoms with Gasteiger partial charge >= 0.3 is 0 Å². The van der Waals surface area contributed by atoms with Gasteiger partial charge in [-0.3, -0.25) is 4.90 Å². The number of benzene rings is 1. The van der Waals surface area contributed by atoms with Crippen LogP contribution in [0.4, 0.5) is 11.4 Å². The summed E-state index contributed by atoms with van der Waals surface area (Å²) >= 11 is 0. The zero-order valence-electron chi connectivity index (χ0n) is 12.9. The van der Waals surface area contributed by atoms with Crippen molar-refractivity contribution in [3.63, 3.8) is 0 Å². The molecule has 0 N–H and O–H groups in total. The Morgan fingerprint density at radius 3 is 2.60 bits per heavy atom. The number of para-hydroxylation sites is 1. The van der Waals surface area contributed by atoms with Crippen molar-refractivity contribution in [1.82, 2.24) is 0 Å². The summed E-state index contributed by atoms with van der Waals surface area (Å²) in [5.41, 5.74) is 3.70. The second kappa shape index (κ2) is 6.65. The SMILES string of the molecule is CCCCc1cccc2c1N(C#N)C(C)N2CCCC. The van der Waals surface area contributed by atoms with Crippen molar-refractivity contribution in [2.75, 3.05) is 16.3 Å². The van der Waals surface area contributed by atoms with E-state index < -0.39 is 0 Å². The summed E-state index contributed by atoms with van der Waals surface area (Å²) in [7, 11) is 0. The van der Waals surface area contributed by atoms with Crippen molar-refractivity contribution in [3.05, 3.63) is 23.8 Å². The van der Waals surface area contributed by atoms with Crippen molar-refractivity contribution >= 4 is 11.4 Å². The summed E-state index contributed by atoms with van der Waals surface area (Å²) in [6, 6.07) is 6.47. The summed E-state index contributed by atoms with van der Waals surface area (Å²) < 4.78 is 0. The second-order valence-corrected chi connectivity index (χ2v) is 5.54. The van der Waals surface area contributed by atoms with Crippen LogP contribution in [-0.4, -0.2) is 12.7 Å². The van der Waals surface area contributed by atoms with Gasteiger partial charge in [-0.1, -0.05) is 38.8 Å². The van der Waals surface area contributed by atoms with Crippen LogP contribution in [0.25, 0.3) is 0 Å². The molecule has 3 nitrogen and oxygen atoms in total. The van der Waals surface area contributed by atoms with Gasteiger partial charge in [0, 0.05) is 6.54 Å². The maximum Gasteiger partial charge on any atom is 0.186 e. The number of hydrogen-bond donors (Lipinski definition) is 0. The molecule has 1 atom stereocenters. The Morgan fingerprint density at radius 2 is 1.95 bits per heavy atom. The van der Waals surface area contributed by atoms with Crippen LogP contribution in [-0.2, 0) is 6.42 Å². The van der Waals surface area contributed by atoms with Gasteiger partial charge in [-0.15, -0.1) is 0 Å². The van der Waals surface area contributed by atoms with E-state index in [-0.39, 0.29) is 6.17 Å². The third-order valence-corrected chi connectivity index (χ3v) is 4.13. The average Bonchev–Trinajstić information content (AvgIpc) is 2.74. The van der Waals surface area contributed by atoms with E-state index in [1.165, 1.54) is 36.9 Å². The Bertz CT molecular complexity index is 489. The van der Waals surface area contributed by atoms with Gasteiger partial charge < -0.3 is 4.90 Å². The number of unbranched alkanes of at least 4 members (excludes halogenated alkanes) is 2.